The molecule has 136 valence electrons. The van der Waals surface area contributed by atoms with Gasteiger partial charge in [-0.3, -0.25) is 0 Å². The lowest BCUT2D eigenvalue weighted by Crippen LogP contribution is -2.02. The zero-order chi connectivity index (χ0) is 18.4. The van der Waals surface area contributed by atoms with Gasteiger partial charge in [0, 0.05) is 11.6 Å². The van der Waals surface area contributed by atoms with Gasteiger partial charge in [-0.1, -0.05) is 13.8 Å². The van der Waals surface area contributed by atoms with E-state index in [9.17, 15) is 0 Å². The molecule has 2 aromatic carbocycles. The molecule has 2 aromatic rings. The molecule has 0 spiro atoms. The summed E-state index contributed by atoms with van der Waals surface area (Å²) in [7, 11) is 6.74. The van der Waals surface area contributed by atoms with Crippen molar-refractivity contribution in [3.05, 3.63) is 47.0 Å². The first kappa shape index (κ1) is 19.0. The van der Waals surface area contributed by atoms with Crippen LogP contribution in [0.1, 0.15) is 36.5 Å². The minimum Gasteiger partial charge on any atom is -0.497 e. The molecule has 0 unspecified atom stereocenters. The highest BCUT2D eigenvalue weighted by Gasteiger charge is 2.15. The molecule has 0 atom stereocenters. The zero-order valence-electron chi connectivity index (χ0n) is 16.0. The number of aryl methyl sites for hydroxylation is 2. The smallest absolute Gasteiger partial charge is 0.126 e. The molecule has 0 aliphatic carbocycles. The van der Waals surface area contributed by atoms with Gasteiger partial charge in [-0.15, -0.1) is 0 Å². The van der Waals surface area contributed by atoms with Gasteiger partial charge in [-0.05, 0) is 54.2 Å². The maximum absolute atomic E-state index is 5.59. The Morgan fingerprint density at radius 2 is 1.08 bits per heavy atom. The molecule has 4 heteroatoms. The lowest BCUT2D eigenvalue weighted by molar-refractivity contribution is 0.381. The van der Waals surface area contributed by atoms with Gasteiger partial charge in [0.25, 0.3) is 0 Å². The Morgan fingerprint density at radius 1 is 0.640 bits per heavy atom. The van der Waals surface area contributed by atoms with Crippen molar-refractivity contribution in [3.8, 4) is 23.0 Å². The van der Waals surface area contributed by atoms with Crippen LogP contribution in [0.25, 0.3) is 0 Å². The van der Waals surface area contributed by atoms with Crippen molar-refractivity contribution in [2.75, 3.05) is 28.4 Å². The summed E-state index contributed by atoms with van der Waals surface area (Å²) in [5.41, 5.74) is 3.46. The van der Waals surface area contributed by atoms with Gasteiger partial charge in [0.05, 0.1) is 28.4 Å². The first-order chi connectivity index (χ1) is 12.0. The van der Waals surface area contributed by atoms with Gasteiger partial charge in [0.1, 0.15) is 23.0 Å². The van der Waals surface area contributed by atoms with Gasteiger partial charge >= 0.3 is 0 Å². The van der Waals surface area contributed by atoms with E-state index in [-0.39, 0.29) is 0 Å². The summed E-state index contributed by atoms with van der Waals surface area (Å²) in [6.07, 6.45) is 1.75. The fraction of sp³-hybridized carbons (Fsp3) is 0.429. The number of benzene rings is 2. The van der Waals surface area contributed by atoms with Crippen molar-refractivity contribution in [1.29, 1.82) is 0 Å². The van der Waals surface area contributed by atoms with Gasteiger partial charge in [-0.2, -0.15) is 0 Å². The summed E-state index contributed by atoms with van der Waals surface area (Å²) in [4.78, 5) is 0. The maximum atomic E-state index is 5.59. The molecule has 0 amide bonds. The van der Waals surface area contributed by atoms with Gasteiger partial charge in [-0.25, -0.2) is 0 Å². The third-order valence-corrected chi connectivity index (χ3v) is 4.29. The number of methoxy groups -OCH3 is 4. The van der Waals surface area contributed by atoms with Crippen LogP contribution in [-0.4, -0.2) is 28.4 Å². The Morgan fingerprint density at radius 3 is 1.44 bits per heavy atom. The Balaban J connectivity index is 2.26. The molecule has 0 saturated carbocycles. The summed E-state index contributed by atoms with van der Waals surface area (Å²) in [6.45, 7) is 4.28. The number of hydrogen-bond donors (Lipinski definition) is 0. The van der Waals surface area contributed by atoms with E-state index in [1.807, 2.05) is 18.2 Å². The van der Waals surface area contributed by atoms with Crippen LogP contribution in [-0.2, 0) is 12.8 Å². The maximum Gasteiger partial charge on any atom is 0.126 e. The Kier molecular flexibility index (Phi) is 6.57. The molecule has 0 N–H and O–H groups in total. The molecule has 0 aliphatic heterocycles. The fourth-order valence-corrected chi connectivity index (χ4v) is 3.01. The summed E-state index contributed by atoms with van der Waals surface area (Å²) in [5, 5.41) is 0. The highest BCUT2D eigenvalue weighted by molar-refractivity contribution is 5.50. The van der Waals surface area contributed by atoms with E-state index in [1.165, 1.54) is 11.1 Å². The quantitative estimate of drug-likeness (QED) is 0.700. The Hall–Kier alpha value is -2.36. The molecule has 25 heavy (non-hydrogen) atoms. The molecular weight excluding hydrogens is 316 g/mol. The molecule has 0 fully saturated rings. The van der Waals surface area contributed by atoms with Gasteiger partial charge < -0.3 is 18.9 Å². The molecule has 0 aliphatic rings. The van der Waals surface area contributed by atoms with Crippen LogP contribution < -0.4 is 18.9 Å². The van der Waals surface area contributed by atoms with Crippen molar-refractivity contribution in [3.63, 3.8) is 0 Å². The van der Waals surface area contributed by atoms with Crippen molar-refractivity contribution in [1.82, 2.24) is 0 Å². The topological polar surface area (TPSA) is 36.9 Å². The normalized spacial score (nSPS) is 10.7. The molecule has 0 aromatic heterocycles. The second kappa shape index (κ2) is 8.65. The predicted molar refractivity (Wildman–Crippen MR) is 101 cm³/mol. The molecule has 0 saturated heterocycles. The van der Waals surface area contributed by atoms with Crippen molar-refractivity contribution < 1.29 is 18.9 Å². The van der Waals surface area contributed by atoms with E-state index in [2.05, 4.69) is 26.0 Å². The molecule has 0 bridgehead atoms. The number of ether oxygens (including phenoxy) is 4. The van der Waals surface area contributed by atoms with E-state index in [4.69, 9.17) is 18.9 Å². The number of hydrogen-bond acceptors (Lipinski definition) is 4. The average molecular weight is 344 g/mol. The first-order valence-corrected chi connectivity index (χ1v) is 8.49. The van der Waals surface area contributed by atoms with Crippen molar-refractivity contribution in [2.45, 2.75) is 32.6 Å². The molecular formula is C21H28O4. The molecule has 4 nitrogen and oxygen atoms in total. The predicted octanol–water partition coefficient (Wildman–Crippen LogP) is 4.63. The van der Waals surface area contributed by atoms with Crippen LogP contribution >= 0.6 is 0 Å². The van der Waals surface area contributed by atoms with Crippen LogP contribution in [0.2, 0.25) is 0 Å². The highest BCUT2D eigenvalue weighted by atomic mass is 16.5. The van der Waals surface area contributed by atoms with Crippen molar-refractivity contribution in [2.24, 2.45) is 0 Å². The minimum atomic E-state index is 0.335. The van der Waals surface area contributed by atoms with E-state index in [0.717, 1.165) is 41.4 Å². The van der Waals surface area contributed by atoms with Crippen LogP contribution in [0, 0.1) is 0 Å². The lowest BCUT2D eigenvalue weighted by Gasteiger charge is -2.18. The Labute approximate surface area is 150 Å². The minimum absolute atomic E-state index is 0.335. The zero-order valence-corrected chi connectivity index (χ0v) is 16.0. The summed E-state index contributed by atoms with van der Waals surface area (Å²) < 4.78 is 21.9. The van der Waals surface area contributed by atoms with E-state index in [1.54, 1.807) is 28.4 Å². The van der Waals surface area contributed by atoms with Crippen molar-refractivity contribution >= 4 is 0 Å². The van der Waals surface area contributed by atoms with Crippen LogP contribution in [0.3, 0.4) is 0 Å². The van der Waals surface area contributed by atoms with Gasteiger partial charge in [0.15, 0.2) is 0 Å². The summed E-state index contributed by atoms with van der Waals surface area (Å²) >= 11 is 0. The second-order valence-electron chi connectivity index (χ2n) is 6.29. The van der Waals surface area contributed by atoms with E-state index in [0.29, 0.717) is 5.92 Å². The Bertz CT molecular complexity index is 660. The van der Waals surface area contributed by atoms with Gasteiger partial charge in [0.2, 0.25) is 0 Å². The number of rotatable bonds is 8. The monoisotopic (exact) mass is 344 g/mol. The third kappa shape index (κ3) is 4.59. The van der Waals surface area contributed by atoms with E-state index >= 15 is 0 Å². The summed E-state index contributed by atoms with van der Waals surface area (Å²) in [5.74, 6) is 3.71. The SMILES string of the molecule is COc1cc(CCc2cc(OC)c(C(C)C)c(OC)c2)cc(OC)c1. The average Bonchev–Trinajstić information content (AvgIpc) is 2.64. The summed E-state index contributed by atoms with van der Waals surface area (Å²) in [6, 6.07) is 10.2. The highest BCUT2D eigenvalue weighted by Crippen LogP contribution is 2.36. The van der Waals surface area contributed by atoms with Crippen LogP contribution in [0.4, 0.5) is 0 Å². The molecule has 0 radical (unpaired) electrons. The second-order valence-corrected chi connectivity index (χ2v) is 6.29. The third-order valence-electron chi connectivity index (χ3n) is 4.29. The van der Waals surface area contributed by atoms with E-state index < -0.39 is 0 Å². The van der Waals surface area contributed by atoms with Crippen LogP contribution in [0.5, 0.6) is 23.0 Å². The standard InChI is InChI=1S/C21H28O4/c1-14(2)21-19(24-5)11-16(12-20(21)25-6)8-7-15-9-17(22-3)13-18(10-15)23-4/h9-14H,7-8H2,1-6H3. The first-order valence-electron chi connectivity index (χ1n) is 8.49. The largest absolute Gasteiger partial charge is 0.497 e. The van der Waals surface area contributed by atoms with Crippen LogP contribution in [0.15, 0.2) is 30.3 Å². The fourth-order valence-electron chi connectivity index (χ4n) is 3.01. The molecule has 2 rings (SSSR count). The molecule has 0 heterocycles. The lowest BCUT2D eigenvalue weighted by atomic mass is 9.96.